The summed E-state index contributed by atoms with van der Waals surface area (Å²) in [5.41, 5.74) is 1.08. The number of aromatic nitrogens is 1. The first-order valence-corrected chi connectivity index (χ1v) is 10.1. The maximum Gasteiger partial charge on any atom is 0.227 e. The van der Waals surface area contributed by atoms with Gasteiger partial charge in [-0.05, 0) is 81.3 Å². The van der Waals surface area contributed by atoms with Crippen LogP contribution in [0, 0.1) is 23.7 Å². The highest BCUT2D eigenvalue weighted by Crippen LogP contribution is 2.56. The molecule has 136 valence electrons. The molecule has 2 N–H and O–H groups in total. The first kappa shape index (κ1) is 16.9. The van der Waals surface area contributed by atoms with Gasteiger partial charge in [-0.2, -0.15) is 0 Å². The zero-order valence-electron chi connectivity index (χ0n) is 15.6. The second kappa shape index (κ2) is 6.62. The molecule has 4 aliphatic carbocycles. The van der Waals surface area contributed by atoms with E-state index in [2.05, 4.69) is 29.5 Å². The molecule has 4 heteroatoms. The molecule has 1 aromatic heterocycles. The minimum absolute atomic E-state index is 0.0878. The van der Waals surface area contributed by atoms with Gasteiger partial charge in [0.15, 0.2) is 0 Å². The summed E-state index contributed by atoms with van der Waals surface area (Å²) in [5.74, 6) is 3.94. The van der Waals surface area contributed by atoms with Crippen molar-refractivity contribution in [3.8, 4) is 0 Å². The molecule has 0 radical (unpaired) electrons. The average molecular weight is 341 g/mol. The number of hydrogen-bond donors (Lipinski definition) is 2. The molecule has 0 aromatic carbocycles. The van der Waals surface area contributed by atoms with Gasteiger partial charge < -0.3 is 10.6 Å². The maximum absolute atomic E-state index is 12.2. The number of carbonyl (C=O) groups excluding carboxylic acids is 1. The Kier molecular flexibility index (Phi) is 4.47. The number of hydrogen-bond acceptors (Lipinski definition) is 3. The quantitative estimate of drug-likeness (QED) is 0.778. The van der Waals surface area contributed by atoms with Crippen molar-refractivity contribution in [1.29, 1.82) is 0 Å². The summed E-state index contributed by atoms with van der Waals surface area (Å²) >= 11 is 0. The molecule has 4 bridgehead atoms. The van der Waals surface area contributed by atoms with E-state index in [0.29, 0.717) is 0 Å². The zero-order valence-corrected chi connectivity index (χ0v) is 15.6. The van der Waals surface area contributed by atoms with Gasteiger partial charge in [-0.15, -0.1) is 0 Å². The van der Waals surface area contributed by atoms with E-state index in [9.17, 15) is 4.79 Å². The Morgan fingerprint density at radius 1 is 1.12 bits per heavy atom. The molecule has 0 aliphatic heterocycles. The fourth-order valence-electron chi connectivity index (χ4n) is 5.98. The number of pyridine rings is 1. The maximum atomic E-state index is 12.2. The summed E-state index contributed by atoms with van der Waals surface area (Å²) in [6.45, 7) is 4.12. The van der Waals surface area contributed by atoms with Crippen molar-refractivity contribution in [2.45, 2.75) is 70.8 Å². The predicted molar refractivity (Wildman–Crippen MR) is 101 cm³/mol. The van der Waals surface area contributed by atoms with E-state index in [-0.39, 0.29) is 17.4 Å². The summed E-state index contributed by atoms with van der Waals surface area (Å²) in [4.78, 5) is 16.8. The lowest BCUT2D eigenvalue weighted by Gasteiger charge is -2.57. The monoisotopic (exact) mass is 341 g/mol. The third kappa shape index (κ3) is 3.40. The van der Waals surface area contributed by atoms with Gasteiger partial charge >= 0.3 is 0 Å². The van der Waals surface area contributed by atoms with Gasteiger partial charge in [-0.3, -0.25) is 4.79 Å². The fraction of sp³-hybridized carbons (Fsp3) is 0.714. The molecule has 25 heavy (non-hydrogen) atoms. The van der Waals surface area contributed by atoms with E-state index in [4.69, 9.17) is 0 Å². The van der Waals surface area contributed by atoms with Crippen LogP contribution in [0.2, 0.25) is 0 Å². The normalized spacial score (nSPS) is 32.8. The van der Waals surface area contributed by atoms with Crippen molar-refractivity contribution in [3.05, 3.63) is 18.3 Å². The number of rotatable bonds is 6. The Morgan fingerprint density at radius 3 is 2.20 bits per heavy atom. The molecule has 4 saturated carbocycles. The second-order valence-electron chi connectivity index (χ2n) is 8.76. The molecule has 0 spiro atoms. The summed E-state index contributed by atoms with van der Waals surface area (Å²) in [6.07, 6.45) is 11.8. The van der Waals surface area contributed by atoms with Gasteiger partial charge in [0.05, 0.1) is 11.9 Å². The van der Waals surface area contributed by atoms with Crippen molar-refractivity contribution in [2.75, 3.05) is 10.6 Å². The van der Waals surface area contributed by atoms with Crippen LogP contribution in [0.4, 0.5) is 11.5 Å². The second-order valence-corrected chi connectivity index (χ2v) is 8.76. The lowest BCUT2D eigenvalue weighted by atomic mass is 9.53. The Balaban J connectivity index is 1.40. The van der Waals surface area contributed by atoms with Crippen molar-refractivity contribution >= 4 is 17.4 Å². The molecule has 4 aliphatic rings. The fourth-order valence-corrected chi connectivity index (χ4v) is 5.98. The van der Waals surface area contributed by atoms with E-state index in [1.807, 2.05) is 12.1 Å². The van der Waals surface area contributed by atoms with Gasteiger partial charge in [0.25, 0.3) is 0 Å². The van der Waals surface area contributed by atoms with Crippen LogP contribution in [0.5, 0.6) is 0 Å². The molecular formula is C21H31N3O. The first-order valence-electron chi connectivity index (χ1n) is 10.1. The highest BCUT2D eigenvalue weighted by atomic mass is 16.1. The Bertz CT molecular complexity index is 585. The number of nitrogens with one attached hydrogen (secondary N) is 2. The Hall–Kier alpha value is -1.58. The van der Waals surface area contributed by atoms with Crippen LogP contribution in [0.1, 0.15) is 65.2 Å². The lowest BCUT2D eigenvalue weighted by molar-refractivity contribution is -0.120. The van der Waals surface area contributed by atoms with Crippen LogP contribution in [0.15, 0.2) is 18.3 Å². The van der Waals surface area contributed by atoms with E-state index in [0.717, 1.165) is 42.1 Å². The minimum Gasteiger partial charge on any atom is -0.365 e. The van der Waals surface area contributed by atoms with Gasteiger partial charge in [-0.1, -0.05) is 13.8 Å². The van der Waals surface area contributed by atoms with Gasteiger partial charge in [0.2, 0.25) is 5.91 Å². The van der Waals surface area contributed by atoms with Crippen LogP contribution >= 0.6 is 0 Å². The summed E-state index contributed by atoms with van der Waals surface area (Å²) in [7, 11) is 0. The number of nitrogens with zero attached hydrogens (tertiary/aromatic N) is 1. The summed E-state index contributed by atoms with van der Waals surface area (Å²) < 4.78 is 0. The topological polar surface area (TPSA) is 54.0 Å². The molecule has 0 saturated heterocycles. The van der Waals surface area contributed by atoms with Crippen LogP contribution < -0.4 is 10.6 Å². The molecule has 4 fully saturated rings. The van der Waals surface area contributed by atoms with Crippen molar-refractivity contribution in [1.82, 2.24) is 4.98 Å². The Morgan fingerprint density at radius 2 is 1.72 bits per heavy atom. The first-order chi connectivity index (χ1) is 12.1. The zero-order chi connectivity index (χ0) is 17.4. The Labute approximate surface area is 151 Å². The van der Waals surface area contributed by atoms with Crippen LogP contribution in [0.3, 0.4) is 0 Å². The molecule has 1 heterocycles. The third-order valence-electron chi connectivity index (χ3n) is 6.82. The largest absolute Gasteiger partial charge is 0.365 e. The minimum atomic E-state index is 0.0878. The molecule has 5 rings (SSSR count). The third-order valence-corrected chi connectivity index (χ3v) is 6.82. The summed E-state index contributed by atoms with van der Waals surface area (Å²) in [6, 6.07) is 4.01. The van der Waals surface area contributed by atoms with Gasteiger partial charge in [0, 0.05) is 11.5 Å². The number of carbonyl (C=O) groups is 1. The smallest absolute Gasteiger partial charge is 0.227 e. The predicted octanol–water partition coefficient (Wildman–Crippen LogP) is 4.84. The lowest BCUT2D eigenvalue weighted by Crippen LogP contribution is -2.54. The molecular weight excluding hydrogens is 310 g/mol. The van der Waals surface area contributed by atoms with Crippen LogP contribution in [0.25, 0.3) is 0 Å². The highest BCUT2D eigenvalue weighted by molar-refractivity contribution is 5.92. The summed E-state index contributed by atoms with van der Waals surface area (Å²) in [5, 5.41) is 6.79. The standard InChI is InChI=1S/C21H31N3O/c1-3-17(4-2)20(25)23-18-5-6-19(22-13-18)24-21-10-14-7-15(11-21)9-16(8-14)12-21/h5-6,13-17H,3-4,7-12H2,1-2H3,(H,22,24)(H,23,25). The molecule has 1 amide bonds. The number of anilines is 2. The SMILES string of the molecule is CCC(CC)C(=O)Nc1ccc(NC23CC4CC(CC(C4)C2)C3)nc1. The van der Waals surface area contributed by atoms with Crippen molar-refractivity contribution in [2.24, 2.45) is 23.7 Å². The molecule has 1 aromatic rings. The molecule has 4 nitrogen and oxygen atoms in total. The van der Waals surface area contributed by atoms with Gasteiger partial charge in [0.1, 0.15) is 5.82 Å². The average Bonchev–Trinajstić information content (AvgIpc) is 2.56. The van der Waals surface area contributed by atoms with Crippen LogP contribution in [-0.2, 0) is 4.79 Å². The highest BCUT2D eigenvalue weighted by Gasteiger charge is 2.51. The van der Waals surface area contributed by atoms with Crippen LogP contribution in [-0.4, -0.2) is 16.4 Å². The molecule has 0 unspecified atom stereocenters. The van der Waals surface area contributed by atoms with Crippen molar-refractivity contribution < 1.29 is 4.79 Å². The van der Waals surface area contributed by atoms with E-state index in [1.54, 1.807) is 6.20 Å². The molecule has 0 atom stereocenters. The number of amides is 1. The van der Waals surface area contributed by atoms with Crippen molar-refractivity contribution in [3.63, 3.8) is 0 Å². The van der Waals surface area contributed by atoms with E-state index < -0.39 is 0 Å². The van der Waals surface area contributed by atoms with Gasteiger partial charge in [-0.25, -0.2) is 4.98 Å². The van der Waals surface area contributed by atoms with E-state index >= 15 is 0 Å². The van der Waals surface area contributed by atoms with E-state index in [1.165, 1.54) is 38.5 Å².